The van der Waals surface area contributed by atoms with Gasteiger partial charge in [0.15, 0.2) is 0 Å². The minimum Gasteiger partial charge on any atom is -0.357 e. The Morgan fingerprint density at radius 1 is 1.00 bits per heavy atom. The van der Waals surface area contributed by atoms with Gasteiger partial charge in [-0.1, -0.05) is 30.3 Å². The number of H-pyrrole nitrogens is 1. The molecule has 2 aromatic carbocycles. The Morgan fingerprint density at radius 2 is 1.73 bits per heavy atom. The molecule has 1 aliphatic rings. The highest BCUT2D eigenvalue weighted by molar-refractivity contribution is 7.92. The number of nitrogens with zero attached hydrogens (tertiary/aromatic N) is 4. The highest BCUT2D eigenvalue weighted by atomic mass is 32.2. The van der Waals surface area contributed by atoms with Crippen molar-refractivity contribution in [1.82, 2.24) is 15.0 Å². The van der Waals surface area contributed by atoms with E-state index in [1.165, 1.54) is 10.5 Å². The molecule has 0 spiro atoms. The number of anilines is 2. The number of imidazole rings is 1. The van der Waals surface area contributed by atoms with Crippen molar-refractivity contribution in [1.29, 1.82) is 0 Å². The van der Waals surface area contributed by atoms with E-state index < -0.39 is 10.0 Å². The Bertz CT molecular complexity index is 1300. The van der Waals surface area contributed by atoms with Crippen molar-refractivity contribution in [3.63, 3.8) is 0 Å². The summed E-state index contributed by atoms with van der Waals surface area (Å²) in [5.41, 5.74) is 2.73. The van der Waals surface area contributed by atoms with Crippen molar-refractivity contribution in [3.8, 4) is 0 Å². The summed E-state index contributed by atoms with van der Waals surface area (Å²) in [5, 5.41) is 0. The summed E-state index contributed by atoms with van der Waals surface area (Å²) in [5.74, 6) is 2.24. The number of benzene rings is 2. The Balaban J connectivity index is 1.28. The van der Waals surface area contributed by atoms with Crippen LogP contribution in [0.3, 0.4) is 0 Å². The molecule has 1 saturated heterocycles. The van der Waals surface area contributed by atoms with E-state index in [-0.39, 0.29) is 4.90 Å². The van der Waals surface area contributed by atoms with E-state index in [4.69, 9.17) is 4.98 Å². The highest BCUT2D eigenvalue weighted by Crippen LogP contribution is 2.30. The number of fused-ring (bicyclic) bond motifs is 1. The number of aromatic amines is 1. The van der Waals surface area contributed by atoms with Gasteiger partial charge in [0.1, 0.15) is 16.5 Å². The molecule has 0 radical (unpaired) electrons. The largest absolute Gasteiger partial charge is 0.357 e. The molecule has 0 bridgehead atoms. The number of rotatable bonds is 6. The van der Waals surface area contributed by atoms with Gasteiger partial charge in [0.25, 0.3) is 10.0 Å². The monoisotopic (exact) mass is 461 g/mol. The molecule has 5 rings (SSSR count). The van der Waals surface area contributed by atoms with Crippen molar-refractivity contribution in [3.05, 3.63) is 78.8 Å². The molecule has 0 unspecified atom stereocenters. The maximum atomic E-state index is 13.2. The van der Waals surface area contributed by atoms with Crippen LogP contribution in [0.15, 0.2) is 77.8 Å². The molecule has 1 fully saturated rings. The number of aromatic nitrogens is 3. The quantitative estimate of drug-likeness (QED) is 0.455. The normalized spacial score (nSPS) is 15.1. The van der Waals surface area contributed by atoms with Crippen molar-refractivity contribution in [2.24, 2.45) is 0 Å². The van der Waals surface area contributed by atoms with E-state index in [0.717, 1.165) is 48.6 Å². The Hall–Kier alpha value is -3.39. The zero-order valence-corrected chi connectivity index (χ0v) is 19.4. The summed E-state index contributed by atoms with van der Waals surface area (Å²) in [6, 6.07) is 20.7. The molecule has 170 valence electrons. The molecule has 33 heavy (non-hydrogen) atoms. The van der Waals surface area contributed by atoms with Gasteiger partial charge in [-0.15, -0.1) is 0 Å². The van der Waals surface area contributed by atoms with Gasteiger partial charge in [-0.05, 0) is 56.2 Å². The molecule has 3 heterocycles. The minimum absolute atomic E-state index is 0.203. The number of pyridine rings is 1. The maximum Gasteiger partial charge on any atom is 0.265 e. The van der Waals surface area contributed by atoms with Crippen LogP contribution in [-0.2, 0) is 10.0 Å². The number of hydrogen-bond donors (Lipinski definition) is 1. The first-order chi connectivity index (χ1) is 16.1. The van der Waals surface area contributed by atoms with E-state index in [1.807, 2.05) is 49.4 Å². The number of sulfonamides is 1. The van der Waals surface area contributed by atoms with Crippen LogP contribution in [-0.4, -0.2) is 43.0 Å². The zero-order valence-electron chi connectivity index (χ0n) is 18.6. The van der Waals surface area contributed by atoms with Gasteiger partial charge in [0.05, 0.1) is 16.7 Å². The zero-order chi connectivity index (χ0) is 22.8. The lowest BCUT2D eigenvalue weighted by atomic mass is 9.96. The first kappa shape index (κ1) is 21.5. The fourth-order valence-corrected chi connectivity index (χ4v) is 5.89. The van der Waals surface area contributed by atoms with Gasteiger partial charge in [-0.3, -0.25) is 4.31 Å². The van der Waals surface area contributed by atoms with E-state index >= 15 is 0 Å². The molecule has 0 saturated carbocycles. The molecule has 2 aromatic heterocycles. The smallest absolute Gasteiger partial charge is 0.265 e. The third kappa shape index (κ3) is 4.18. The maximum absolute atomic E-state index is 13.2. The third-order valence-electron chi connectivity index (χ3n) is 6.25. The lowest BCUT2D eigenvalue weighted by Gasteiger charge is -2.32. The predicted octanol–water partition coefficient (Wildman–Crippen LogP) is 4.56. The molecule has 0 amide bonds. The molecule has 0 atom stereocenters. The van der Waals surface area contributed by atoms with E-state index in [2.05, 4.69) is 20.9 Å². The van der Waals surface area contributed by atoms with Crippen molar-refractivity contribution >= 4 is 32.6 Å². The average molecular weight is 462 g/mol. The first-order valence-corrected chi connectivity index (χ1v) is 12.7. The summed E-state index contributed by atoms with van der Waals surface area (Å²) in [6.07, 6.45) is 3.42. The topological polar surface area (TPSA) is 82.2 Å². The molecular weight excluding hydrogens is 434 g/mol. The Morgan fingerprint density at radius 3 is 2.39 bits per heavy atom. The molecule has 8 heteroatoms. The SMILES string of the molecule is CCN(c1ccccc1)S(=O)(=O)c1ccc(N2CCC(c3nc4ccccc4[nH]3)CC2)nc1. The van der Waals surface area contributed by atoms with Crippen LogP contribution in [0, 0.1) is 0 Å². The molecular formula is C25H27N5O2S. The van der Waals surface area contributed by atoms with Crippen LogP contribution in [0.5, 0.6) is 0 Å². The molecule has 4 aromatic rings. The number of para-hydroxylation sites is 3. The number of hydrogen-bond acceptors (Lipinski definition) is 5. The van der Waals surface area contributed by atoms with E-state index in [9.17, 15) is 8.42 Å². The van der Waals surface area contributed by atoms with Crippen molar-refractivity contribution in [2.75, 3.05) is 28.8 Å². The number of piperidine rings is 1. The van der Waals surface area contributed by atoms with Crippen LogP contribution >= 0.6 is 0 Å². The summed E-state index contributed by atoms with van der Waals surface area (Å²) < 4.78 is 27.8. The summed E-state index contributed by atoms with van der Waals surface area (Å²) >= 11 is 0. The highest BCUT2D eigenvalue weighted by Gasteiger charge is 2.26. The summed E-state index contributed by atoms with van der Waals surface area (Å²) in [4.78, 5) is 15.1. The summed E-state index contributed by atoms with van der Waals surface area (Å²) in [7, 11) is -3.67. The lowest BCUT2D eigenvalue weighted by molar-refractivity contribution is 0.487. The Kier molecular flexibility index (Phi) is 5.76. The predicted molar refractivity (Wildman–Crippen MR) is 131 cm³/mol. The molecule has 0 aliphatic carbocycles. The third-order valence-corrected chi connectivity index (χ3v) is 8.14. The fraction of sp³-hybridized carbons (Fsp3) is 0.280. The van der Waals surface area contributed by atoms with Crippen LogP contribution in [0.1, 0.15) is 31.5 Å². The standard InChI is InChI=1S/C25H27N5O2S/c1-2-30(20-8-4-3-5-9-20)33(31,32)21-12-13-24(26-18-21)29-16-14-19(15-17-29)25-27-22-10-6-7-11-23(22)28-25/h3-13,18-19H,2,14-17H2,1H3,(H,27,28). The van der Waals surface area contributed by atoms with Gasteiger partial charge in [-0.2, -0.15) is 0 Å². The Labute approximate surface area is 194 Å². The first-order valence-electron chi connectivity index (χ1n) is 11.3. The van der Waals surface area contributed by atoms with Crippen LogP contribution in [0.25, 0.3) is 11.0 Å². The van der Waals surface area contributed by atoms with Gasteiger partial charge in [0, 0.05) is 31.7 Å². The van der Waals surface area contributed by atoms with Crippen molar-refractivity contribution < 1.29 is 8.42 Å². The lowest BCUT2D eigenvalue weighted by Crippen LogP contribution is -2.34. The average Bonchev–Trinajstić information content (AvgIpc) is 3.30. The second-order valence-electron chi connectivity index (χ2n) is 8.26. The van der Waals surface area contributed by atoms with Crippen LogP contribution < -0.4 is 9.21 Å². The second-order valence-corrected chi connectivity index (χ2v) is 10.1. The minimum atomic E-state index is -3.67. The molecule has 1 N–H and O–H groups in total. The van der Waals surface area contributed by atoms with Gasteiger partial charge >= 0.3 is 0 Å². The number of nitrogens with one attached hydrogen (secondary N) is 1. The summed E-state index contributed by atoms with van der Waals surface area (Å²) in [6.45, 7) is 3.89. The van der Waals surface area contributed by atoms with Crippen LogP contribution in [0.2, 0.25) is 0 Å². The molecule has 1 aliphatic heterocycles. The van der Waals surface area contributed by atoms with Gasteiger partial charge in [0.2, 0.25) is 0 Å². The van der Waals surface area contributed by atoms with E-state index in [1.54, 1.807) is 18.2 Å². The van der Waals surface area contributed by atoms with Gasteiger partial charge < -0.3 is 9.88 Å². The van der Waals surface area contributed by atoms with Crippen molar-refractivity contribution in [2.45, 2.75) is 30.6 Å². The van der Waals surface area contributed by atoms with Gasteiger partial charge in [-0.25, -0.2) is 18.4 Å². The fourth-order valence-electron chi connectivity index (χ4n) is 4.47. The van der Waals surface area contributed by atoms with E-state index in [0.29, 0.717) is 18.2 Å². The second kappa shape index (κ2) is 8.86. The molecule has 7 nitrogen and oxygen atoms in total. The van der Waals surface area contributed by atoms with Crippen LogP contribution in [0.4, 0.5) is 11.5 Å².